The Morgan fingerprint density at radius 2 is 1.84 bits per heavy atom. The minimum atomic E-state index is -0.584. The number of nitrogens with two attached hydrogens (primary N) is 1. The van der Waals surface area contributed by atoms with E-state index < -0.39 is 5.60 Å². The van der Waals surface area contributed by atoms with Gasteiger partial charge in [0.15, 0.2) is 0 Å². The highest BCUT2D eigenvalue weighted by atomic mass is 16.3. The van der Waals surface area contributed by atoms with E-state index in [1.54, 1.807) is 4.90 Å². The van der Waals surface area contributed by atoms with E-state index in [1.807, 2.05) is 24.3 Å². The number of carbonyl (C=O) groups is 1. The molecule has 0 bridgehead atoms. The largest absolute Gasteiger partial charge is 0.386 e. The van der Waals surface area contributed by atoms with Crippen LogP contribution in [0.4, 0.5) is 0 Å². The SMILES string of the molecule is NCc1ccc(CC(=O)N2CC(O)(C3CC3)C2)cc1. The van der Waals surface area contributed by atoms with E-state index in [2.05, 4.69) is 0 Å². The molecular formula is C15H20N2O2. The Bertz CT molecular complexity index is 473. The number of carbonyl (C=O) groups excluding carboxylic acids is 1. The van der Waals surface area contributed by atoms with Crippen molar-refractivity contribution in [2.24, 2.45) is 11.7 Å². The summed E-state index contributed by atoms with van der Waals surface area (Å²) in [7, 11) is 0. The maximum Gasteiger partial charge on any atom is 0.227 e. The molecular weight excluding hydrogens is 240 g/mol. The van der Waals surface area contributed by atoms with Gasteiger partial charge in [0, 0.05) is 6.54 Å². The highest BCUT2D eigenvalue weighted by molar-refractivity contribution is 5.80. The van der Waals surface area contributed by atoms with Crippen molar-refractivity contribution in [3.05, 3.63) is 35.4 Å². The first-order chi connectivity index (χ1) is 9.10. The van der Waals surface area contributed by atoms with E-state index in [4.69, 9.17) is 5.73 Å². The number of nitrogens with zero attached hydrogens (tertiary/aromatic N) is 1. The molecule has 1 heterocycles. The van der Waals surface area contributed by atoms with Crippen LogP contribution >= 0.6 is 0 Å². The molecule has 0 atom stereocenters. The van der Waals surface area contributed by atoms with Crippen molar-refractivity contribution < 1.29 is 9.90 Å². The molecule has 4 nitrogen and oxygen atoms in total. The van der Waals surface area contributed by atoms with Crippen LogP contribution in [0.15, 0.2) is 24.3 Å². The van der Waals surface area contributed by atoms with Gasteiger partial charge in [-0.15, -0.1) is 0 Å². The Kier molecular flexibility index (Phi) is 3.07. The molecule has 1 aromatic rings. The Hall–Kier alpha value is -1.39. The standard InChI is InChI=1S/C15H20N2O2/c16-8-12-3-1-11(2-4-12)7-14(18)17-9-15(19,10-17)13-5-6-13/h1-4,13,19H,5-10,16H2. The third-order valence-corrected chi connectivity index (χ3v) is 4.23. The monoisotopic (exact) mass is 260 g/mol. The molecule has 2 fully saturated rings. The van der Waals surface area contributed by atoms with Gasteiger partial charge in [0.2, 0.25) is 5.91 Å². The van der Waals surface area contributed by atoms with Crippen LogP contribution in [-0.4, -0.2) is 34.6 Å². The van der Waals surface area contributed by atoms with E-state index in [0.29, 0.717) is 32.0 Å². The molecule has 102 valence electrons. The molecule has 1 amide bonds. The van der Waals surface area contributed by atoms with Crippen molar-refractivity contribution in [2.45, 2.75) is 31.4 Å². The van der Waals surface area contributed by atoms with Crippen molar-refractivity contribution in [3.63, 3.8) is 0 Å². The molecule has 4 heteroatoms. The lowest BCUT2D eigenvalue weighted by atomic mass is 9.88. The second kappa shape index (κ2) is 4.62. The summed E-state index contributed by atoms with van der Waals surface area (Å²) in [6.45, 7) is 1.55. The van der Waals surface area contributed by atoms with Crippen LogP contribution in [0.1, 0.15) is 24.0 Å². The first-order valence-electron chi connectivity index (χ1n) is 6.89. The third kappa shape index (κ3) is 2.51. The zero-order valence-corrected chi connectivity index (χ0v) is 11.0. The molecule has 3 rings (SSSR count). The zero-order chi connectivity index (χ0) is 13.5. The normalized spacial score (nSPS) is 21.1. The summed E-state index contributed by atoms with van der Waals surface area (Å²) in [5.74, 6) is 0.534. The Morgan fingerprint density at radius 3 is 2.37 bits per heavy atom. The fraction of sp³-hybridized carbons (Fsp3) is 0.533. The van der Waals surface area contributed by atoms with Crippen LogP contribution in [0.25, 0.3) is 0 Å². The summed E-state index contributed by atoms with van der Waals surface area (Å²) in [5.41, 5.74) is 7.03. The van der Waals surface area contributed by atoms with Gasteiger partial charge in [-0.25, -0.2) is 0 Å². The summed E-state index contributed by atoms with van der Waals surface area (Å²) in [5, 5.41) is 10.2. The Labute approximate surface area is 113 Å². The molecule has 1 saturated heterocycles. The maximum atomic E-state index is 12.1. The van der Waals surface area contributed by atoms with E-state index in [1.165, 1.54) is 0 Å². The van der Waals surface area contributed by atoms with Gasteiger partial charge in [0.1, 0.15) is 5.60 Å². The molecule has 2 aliphatic rings. The molecule has 1 aliphatic carbocycles. The molecule has 19 heavy (non-hydrogen) atoms. The molecule has 0 spiro atoms. The van der Waals surface area contributed by atoms with Gasteiger partial charge >= 0.3 is 0 Å². The number of aliphatic hydroxyl groups is 1. The highest BCUT2D eigenvalue weighted by Gasteiger charge is 2.53. The molecule has 0 radical (unpaired) electrons. The average Bonchev–Trinajstić information content (AvgIpc) is 3.20. The van der Waals surface area contributed by atoms with Crippen molar-refractivity contribution in [2.75, 3.05) is 13.1 Å². The predicted molar refractivity (Wildman–Crippen MR) is 72.3 cm³/mol. The average molecular weight is 260 g/mol. The number of likely N-dealkylation sites (tertiary alicyclic amines) is 1. The van der Waals surface area contributed by atoms with Gasteiger partial charge in [-0.05, 0) is 29.9 Å². The summed E-state index contributed by atoms with van der Waals surface area (Å²) < 4.78 is 0. The molecule has 1 aromatic carbocycles. The minimum Gasteiger partial charge on any atom is -0.386 e. The lowest BCUT2D eigenvalue weighted by Gasteiger charge is -2.47. The lowest BCUT2D eigenvalue weighted by molar-refractivity contribution is -0.158. The van der Waals surface area contributed by atoms with E-state index in [0.717, 1.165) is 24.0 Å². The van der Waals surface area contributed by atoms with Gasteiger partial charge in [-0.2, -0.15) is 0 Å². The summed E-state index contributed by atoms with van der Waals surface area (Å²) in [6.07, 6.45) is 2.63. The predicted octanol–water partition coefficient (Wildman–Crippen LogP) is 0.671. The number of β-amino-alcohol motifs (C(OH)–C–C–N with tert-alkyl or cyclic N) is 1. The topological polar surface area (TPSA) is 66.6 Å². The third-order valence-electron chi connectivity index (χ3n) is 4.23. The van der Waals surface area contributed by atoms with Crippen LogP contribution in [0.3, 0.4) is 0 Å². The Balaban J connectivity index is 1.54. The number of benzene rings is 1. The Morgan fingerprint density at radius 1 is 1.26 bits per heavy atom. The van der Waals surface area contributed by atoms with Gasteiger partial charge in [0.25, 0.3) is 0 Å². The van der Waals surface area contributed by atoms with E-state index in [9.17, 15) is 9.90 Å². The second-order valence-electron chi connectivity index (χ2n) is 5.83. The fourth-order valence-electron chi connectivity index (χ4n) is 2.75. The highest BCUT2D eigenvalue weighted by Crippen LogP contribution is 2.44. The fourth-order valence-corrected chi connectivity index (χ4v) is 2.75. The van der Waals surface area contributed by atoms with Gasteiger partial charge in [-0.1, -0.05) is 24.3 Å². The number of hydrogen-bond acceptors (Lipinski definition) is 3. The first kappa shape index (κ1) is 12.6. The van der Waals surface area contributed by atoms with Crippen LogP contribution in [0, 0.1) is 5.92 Å². The van der Waals surface area contributed by atoms with Crippen molar-refractivity contribution in [1.29, 1.82) is 0 Å². The van der Waals surface area contributed by atoms with E-state index >= 15 is 0 Å². The van der Waals surface area contributed by atoms with E-state index in [-0.39, 0.29) is 5.91 Å². The van der Waals surface area contributed by atoms with Crippen LogP contribution in [0.2, 0.25) is 0 Å². The van der Waals surface area contributed by atoms with Crippen molar-refractivity contribution >= 4 is 5.91 Å². The summed E-state index contributed by atoms with van der Waals surface area (Å²) in [6, 6.07) is 7.82. The number of amides is 1. The maximum absolute atomic E-state index is 12.1. The molecule has 3 N–H and O–H groups in total. The lowest BCUT2D eigenvalue weighted by Crippen LogP contribution is -2.65. The van der Waals surface area contributed by atoms with Crippen LogP contribution in [0.5, 0.6) is 0 Å². The van der Waals surface area contributed by atoms with Crippen LogP contribution in [-0.2, 0) is 17.8 Å². The molecule has 0 aromatic heterocycles. The number of rotatable bonds is 4. The minimum absolute atomic E-state index is 0.103. The van der Waals surface area contributed by atoms with Crippen molar-refractivity contribution in [1.82, 2.24) is 4.90 Å². The molecule has 1 saturated carbocycles. The second-order valence-corrected chi connectivity index (χ2v) is 5.83. The summed E-state index contributed by atoms with van der Waals surface area (Å²) >= 11 is 0. The van der Waals surface area contributed by atoms with Gasteiger partial charge in [-0.3, -0.25) is 4.79 Å². The number of hydrogen-bond donors (Lipinski definition) is 2. The van der Waals surface area contributed by atoms with Gasteiger partial charge in [0.05, 0.1) is 19.5 Å². The molecule has 1 aliphatic heterocycles. The van der Waals surface area contributed by atoms with Gasteiger partial charge < -0.3 is 15.7 Å². The zero-order valence-electron chi connectivity index (χ0n) is 11.0. The quantitative estimate of drug-likeness (QED) is 0.836. The first-order valence-corrected chi connectivity index (χ1v) is 6.89. The van der Waals surface area contributed by atoms with Crippen LogP contribution < -0.4 is 5.73 Å². The summed E-state index contributed by atoms with van der Waals surface area (Å²) in [4.78, 5) is 13.8. The van der Waals surface area contributed by atoms with Crippen molar-refractivity contribution in [3.8, 4) is 0 Å². The smallest absolute Gasteiger partial charge is 0.227 e. The molecule has 0 unspecified atom stereocenters.